The molecule has 1 fully saturated rings. The summed E-state index contributed by atoms with van der Waals surface area (Å²) in [5, 5.41) is 2.63. The zero-order chi connectivity index (χ0) is 17.6. The highest BCUT2D eigenvalue weighted by molar-refractivity contribution is 5.82. The molecule has 1 amide bonds. The van der Waals surface area contributed by atoms with E-state index >= 15 is 0 Å². The molecule has 0 unspecified atom stereocenters. The Labute approximate surface area is 142 Å². The highest BCUT2D eigenvalue weighted by Crippen LogP contribution is 2.21. The van der Waals surface area contributed by atoms with E-state index in [0.29, 0.717) is 6.42 Å². The number of aromatic nitrogens is 1. The summed E-state index contributed by atoms with van der Waals surface area (Å²) in [6.07, 6.45) is 6.90. The minimum absolute atomic E-state index is 0.0469. The minimum Gasteiger partial charge on any atom is -0.461 e. The van der Waals surface area contributed by atoms with Gasteiger partial charge in [0.1, 0.15) is 17.7 Å². The lowest BCUT2D eigenvalue weighted by atomic mass is 10.1. The largest absolute Gasteiger partial charge is 0.461 e. The molecule has 24 heavy (non-hydrogen) atoms. The topological polar surface area (TPSA) is 77.5 Å². The normalized spacial score (nSPS) is 16.5. The molecule has 0 aliphatic heterocycles. The molecule has 1 aromatic rings. The number of pyridine rings is 1. The number of nitrogens with one attached hydrogen (secondary N) is 1. The lowest BCUT2D eigenvalue weighted by Gasteiger charge is -2.24. The molecule has 1 aliphatic rings. The van der Waals surface area contributed by atoms with E-state index in [2.05, 4.69) is 10.3 Å². The van der Waals surface area contributed by atoms with Gasteiger partial charge in [-0.2, -0.15) is 0 Å². The molecule has 1 saturated carbocycles. The van der Waals surface area contributed by atoms with E-state index < -0.39 is 23.7 Å². The molecule has 0 saturated heterocycles. The van der Waals surface area contributed by atoms with Crippen LogP contribution in [0.3, 0.4) is 0 Å². The fraction of sp³-hybridized carbons (Fsp3) is 0.611. The zero-order valence-corrected chi connectivity index (χ0v) is 14.6. The van der Waals surface area contributed by atoms with Gasteiger partial charge in [0.2, 0.25) is 0 Å². The fourth-order valence-corrected chi connectivity index (χ4v) is 2.65. The van der Waals surface area contributed by atoms with Crippen LogP contribution in [-0.2, 0) is 20.7 Å². The summed E-state index contributed by atoms with van der Waals surface area (Å²) in [4.78, 5) is 28.6. The van der Waals surface area contributed by atoms with Crippen molar-refractivity contribution < 1.29 is 19.1 Å². The van der Waals surface area contributed by atoms with E-state index in [1.54, 1.807) is 39.2 Å². The van der Waals surface area contributed by atoms with Gasteiger partial charge in [-0.15, -0.1) is 0 Å². The van der Waals surface area contributed by atoms with Crippen molar-refractivity contribution in [3.05, 3.63) is 30.1 Å². The van der Waals surface area contributed by atoms with Gasteiger partial charge in [-0.25, -0.2) is 9.59 Å². The molecular formula is C18H26N2O4. The highest BCUT2D eigenvalue weighted by atomic mass is 16.6. The van der Waals surface area contributed by atoms with Crippen molar-refractivity contribution >= 4 is 12.1 Å². The fourth-order valence-electron chi connectivity index (χ4n) is 2.65. The van der Waals surface area contributed by atoms with Crippen molar-refractivity contribution in [1.82, 2.24) is 10.3 Å². The second kappa shape index (κ2) is 8.13. The first-order valence-corrected chi connectivity index (χ1v) is 8.42. The molecule has 1 atom stereocenters. The smallest absolute Gasteiger partial charge is 0.408 e. The van der Waals surface area contributed by atoms with Gasteiger partial charge in [-0.05, 0) is 58.1 Å². The summed E-state index contributed by atoms with van der Waals surface area (Å²) in [7, 11) is 0. The van der Waals surface area contributed by atoms with Gasteiger partial charge < -0.3 is 14.8 Å². The lowest BCUT2D eigenvalue weighted by Crippen LogP contribution is -2.46. The molecule has 132 valence electrons. The van der Waals surface area contributed by atoms with Crippen molar-refractivity contribution in [2.45, 2.75) is 70.6 Å². The first kappa shape index (κ1) is 18.2. The third-order valence-corrected chi connectivity index (χ3v) is 3.72. The Morgan fingerprint density at radius 3 is 2.62 bits per heavy atom. The average Bonchev–Trinajstić information content (AvgIpc) is 2.98. The van der Waals surface area contributed by atoms with Crippen molar-refractivity contribution in [3.8, 4) is 0 Å². The van der Waals surface area contributed by atoms with E-state index in [-0.39, 0.29) is 6.10 Å². The molecule has 6 heteroatoms. The number of hydrogen-bond acceptors (Lipinski definition) is 5. The molecule has 2 rings (SSSR count). The van der Waals surface area contributed by atoms with Gasteiger partial charge >= 0.3 is 12.1 Å². The number of ether oxygens (including phenoxy) is 2. The average molecular weight is 334 g/mol. The van der Waals surface area contributed by atoms with Gasteiger partial charge in [0.05, 0.1) is 0 Å². The summed E-state index contributed by atoms with van der Waals surface area (Å²) in [6.45, 7) is 5.33. The quantitative estimate of drug-likeness (QED) is 0.838. The lowest BCUT2D eigenvalue weighted by molar-refractivity contribution is -0.151. The molecule has 1 aromatic heterocycles. The number of nitrogens with zero attached hydrogens (tertiary/aromatic N) is 1. The van der Waals surface area contributed by atoms with Crippen LogP contribution in [0.1, 0.15) is 52.0 Å². The Hall–Kier alpha value is -2.11. The van der Waals surface area contributed by atoms with Crippen LogP contribution in [0.5, 0.6) is 0 Å². The number of carbonyl (C=O) groups is 2. The van der Waals surface area contributed by atoms with Crippen LogP contribution in [0, 0.1) is 0 Å². The standard InChI is InChI=1S/C18H26N2O4/c1-18(2,3)24-17(22)20-15(11-13-7-6-10-19-12-13)16(21)23-14-8-4-5-9-14/h6-7,10,12,14-15H,4-5,8-9,11H2,1-3H3,(H,20,22)/t15-/m1/s1. The maximum absolute atomic E-state index is 12.5. The van der Waals surface area contributed by atoms with Gasteiger partial charge in [0.25, 0.3) is 0 Å². The van der Waals surface area contributed by atoms with Crippen LogP contribution < -0.4 is 5.32 Å². The number of carbonyl (C=O) groups excluding carboxylic acids is 2. The van der Waals surface area contributed by atoms with Crippen molar-refractivity contribution in [2.75, 3.05) is 0 Å². The monoisotopic (exact) mass is 334 g/mol. The predicted octanol–water partition coefficient (Wildman–Crippen LogP) is 3.00. The number of hydrogen-bond donors (Lipinski definition) is 1. The Balaban J connectivity index is 2.02. The molecule has 1 aliphatic carbocycles. The molecule has 0 bridgehead atoms. The minimum atomic E-state index is -0.787. The SMILES string of the molecule is CC(C)(C)OC(=O)N[C@H](Cc1cccnc1)C(=O)OC1CCCC1. The maximum Gasteiger partial charge on any atom is 0.408 e. The van der Waals surface area contributed by atoms with E-state index in [1.807, 2.05) is 6.07 Å². The summed E-state index contributed by atoms with van der Waals surface area (Å²) in [6, 6.07) is 2.87. The second-order valence-corrected chi connectivity index (χ2v) is 7.11. The highest BCUT2D eigenvalue weighted by Gasteiger charge is 2.29. The summed E-state index contributed by atoms with van der Waals surface area (Å²) in [5.74, 6) is -0.420. The Morgan fingerprint density at radius 2 is 2.04 bits per heavy atom. The van der Waals surface area contributed by atoms with Crippen molar-refractivity contribution in [3.63, 3.8) is 0 Å². The summed E-state index contributed by atoms with van der Waals surface area (Å²) in [5.41, 5.74) is 0.222. The first-order valence-electron chi connectivity index (χ1n) is 8.42. The van der Waals surface area contributed by atoms with Gasteiger partial charge in [0, 0.05) is 18.8 Å². The Morgan fingerprint density at radius 1 is 1.33 bits per heavy atom. The van der Waals surface area contributed by atoms with Gasteiger partial charge in [0.15, 0.2) is 0 Å². The molecule has 1 heterocycles. The first-order chi connectivity index (χ1) is 11.3. The third kappa shape index (κ3) is 6.18. The maximum atomic E-state index is 12.5. The zero-order valence-electron chi connectivity index (χ0n) is 14.6. The van der Waals surface area contributed by atoms with E-state index in [9.17, 15) is 9.59 Å². The summed E-state index contributed by atoms with van der Waals surface area (Å²) < 4.78 is 10.8. The molecule has 0 aromatic carbocycles. The van der Waals surface area contributed by atoms with Gasteiger partial charge in [-0.3, -0.25) is 4.98 Å². The Kier molecular flexibility index (Phi) is 6.17. The van der Waals surface area contributed by atoms with Crippen LogP contribution in [-0.4, -0.2) is 34.8 Å². The second-order valence-electron chi connectivity index (χ2n) is 7.11. The molecule has 0 radical (unpaired) electrons. The molecule has 6 nitrogen and oxygen atoms in total. The van der Waals surface area contributed by atoms with Crippen molar-refractivity contribution in [2.24, 2.45) is 0 Å². The number of amides is 1. The van der Waals surface area contributed by atoms with Crippen LogP contribution in [0.25, 0.3) is 0 Å². The summed E-state index contributed by atoms with van der Waals surface area (Å²) >= 11 is 0. The van der Waals surface area contributed by atoms with Gasteiger partial charge in [-0.1, -0.05) is 6.07 Å². The molecule has 1 N–H and O–H groups in total. The molecule has 0 spiro atoms. The van der Waals surface area contributed by atoms with Crippen LogP contribution in [0.2, 0.25) is 0 Å². The van der Waals surface area contributed by atoms with Crippen LogP contribution in [0.15, 0.2) is 24.5 Å². The van der Waals surface area contributed by atoms with E-state index in [1.165, 1.54) is 0 Å². The van der Waals surface area contributed by atoms with E-state index in [4.69, 9.17) is 9.47 Å². The number of alkyl carbamates (subject to hydrolysis) is 1. The van der Waals surface area contributed by atoms with Crippen LogP contribution >= 0.6 is 0 Å². The molecular weight excluding hydrogens is 308 g/mol. The van der Waals surface area contributed by atoms with E-state index in [0.717, 1.165) is 31.2 Å². The van der Waals surface area contributed by atoms with Crippen molar-refractivity contribution in [1.29, 1.82) is 0 Å². The van der Waals surface area contributed by atoms with Crippen LogP contribution in [0.4, 0.5) is 4.79 Å². The third-order valence-electron chi connectivity index (χ3n) is 3.72. The Bertz CT molecular complexity index is 548. The predicted molar refractivity (Wildman–Crippen MR) is 89.4 cm³/mol. The number of rotatable bonds is 5. The number of esters is 1.